The highest BCUT2D eigenvalue weighted by molar-refractivity contribution is 6.32. The zero-order valence-corrected chi connectivity index (χ0v) is 10.2. The van der Waals surface area contributed by atoms with Crippen molar-refractivity contribution in [1.82, 2.24) is 15.0 Å². The Hall–Kier alpha value is -1.95. The minimum absolute atomic E-state index is 0.112. The lowest BCUT2D eigenvalue weighted by molar-refractivity contribution is 0.216. The van der Waals surface area contributed by atoms with E-state index in [9.17, 15) is 4.39 Å². The van der Waals surface area contributed by atoms with Crippen LogP contribution in [-0.2, 0) is 0 Å². The minimum Gasteiger partial charge on any atom is -0.481 e. The van der Waals surface area contributed by atoms with Gasteiger partial charge >= 0.3 is 0 Å². The van der Waals surface area contributed by atoms with E-state index >= 15 is 0 Å². The number of halogens is 2. The Kier molecular flexibility index (Phi) is 3.57. The van der Waals surface area contributed by atoms with Crippen molar-refractivity contribution in [3.8, 4) is 5.75 Å². The number of nitrogens with zero attached hydrogens (tertiary/aromatic N) is 3. The second-order valence-corrected chi connectivity index (χ2v) is 3.94. The normalized spacial score (nSPS) is 12.2. The van der Waals surface area contributed by atoms with Gasteiger partial charge in [0, 0.05) is 0 Å². The predicted octanol–water partition coefficient (Wildman–Crippen LogP) is 2.39. The number of ether oxygens (including phenoxy) is 1. The Morgan fingerprint density at radius 1 is 1.39 bits per heavy atom. The molecule has 0 aliphatic rings. The Labute approximate surface area is 108 Å². The van der Waals surface area contributed by atoms with Gasteiger partial charge < -0.3 is 10.5 Å². The van der Waals surface area contributed by atoms with Crippen molar-refractivity contribution >= 4 is 17.5 Å². The summed E-state index contributed by atoms with van der Waals surface area (Å²) in [5, 5.41) is 0.184. The summed E-state index contributed by atoms with van der Waals surface area (Å²) in [4.78, 5) is 11.6. The fourth-order valence-corrected chi connectivity index (χ4v) is 1.54. The molecule has 1 heterocycles. The number of aromatic nitrogens is 3. The second-order valence-electron chi connectivity index (χ2n) is 3.54. The lowest BCUT2D eigenvalue weighted by Crippen LogP contribution is -2.10. The molecule has 0 amide bonds. The molecule has 2 N–H and O–H groups in total. The van der Waals surface area contributed by atoms with Crippen molar-refractivity contribution in [2.45, 2.75) is 13.0 Å². The average Bonchev–Trinajstić information content (AvgIpc) is 2.32. The molecule has 0 saturated carbocycles. The molecular weight excluding hydrogens is 259 g/mol. The molecule has 0 aliphatic carbocycles. The van der Waals surface area contributed by atoms with E-state index in [0.717, 1.165) is 0 Å². The van der Waals surface area contributed by atoms with Crippen LogP contribution in [0, 0.1) is 5.82 Å². The van der Waals surface area contributed by atoms with E-state index in [1.54, 1.807) is 6.92 Å². The highest BCUT2D eigenvalue weighted by atomic mass is 35.5. The van der Waals surface area contributed by atoms with Gasteiger partial charge in [0.15, 0.2) is 11.9 Å². The maximum Gasteiger partial charge on any atom is 0.223 e. The molecule has 2 rings (SSSR count). The SMILES string of the molecule is CC(Oc1ccc(F)cc1Cl)c1ncnc(N)n1. The van der Waals surface area contributed by atoms with Crippen LogP contribution in [-0.4, -0.2) is 15.0 Å². The first kappa shape index (κ1) is 12.5. The van der Waals surface area contributed by atoms with Gasteiger partial charge in [0.05, 0.1) is 5.02 Å². The summed E-state index contributed by atoms with van der Waals surface area (Å²) in [5.41, 5.74) is 5.45. The Morgan fingerprint density at radius 2 is 2.17 bits per heavy atom. The summed E-state index contributed by atoms with van der Waals surface area (Å²) >= 11 is 5.85. The Balaban J connectivity index is 2.18. The average molecular weight is 269 g/mol. The Bertz CT molecular complexity index is 566. The molecule has 5 nitrogen and oxygen atoms in total. The molecule has 94 valence electrons. The first-order valence-electron chi connectivity index (χ1n) is 5.12. The van der Waals surface area contributed by atoms with Gasteiger partial charge in [-0.2, -0.15) is 4.98 Å². The molecule has 18 heavy (non-hydrogen) atoms. The van der Waals surface area contributed by atoms with Gasteiger partial charge in [-0.15, -0.1) is 0 Å². The lowest BCUT2D eigenvalue weighted by atomic mass is 10.3. The number of nitrogens with two attached hydrogens (primary N) is 1. The van der Waals surface area contributed by atoms with Crippen LogP contribution in [0.3, 0.4) is 0 Å². The number of benzene rings is 1. The van der Waals surface area contributed by atoms with Gasteiger partial charge in [0.2, 0.25) is 5.95 Å². The van der Waals surface area contributed by atoms with Crippen LogP contribution in [0.4, 0.5) is 10.3 Å². The molecule has 0 bridgehead atoms. The van der Waals surface area contributed by atoms with E-state index < -0.39 is 11.9 Å². The van der Waals surface area contributed by atoms with Crippen LogP contribution in [0.1, 0.15) is 18.9 Å². The lowest BCUT2D eigenvalue weighted by Gasteiger charge is -2.14. The molecule has 0 fully saturated rings. The highest BCUT2D eigenvalue weighted by Gasteiger charge is 2.13. The topological polar surface area (TPSA) is 73.9 Å². The first-order chi connectivity index (χ1) is 8.56. The number of rotatable bonds is 3. The van der Waals surface area contributed by atoms with E-state index in [1.165, 1.54) is 24.5 Å². The fraction of sp³-hybridized carbons (Fsp3) is 0.182. The second kappa shape index (κ2) is 5.14. The zero-order valence-electron chi connectivity index (χ0n) is 9.47. The van der Waals surface area contributed by atoms with Gasteiger partial charge in [-0.1, -0.05) is 11.6 Å². The summed E-state index contributed by atoms with van der Waals surface area (Å²) < 4.78 is 18.4. The van der Waals surface area contributed by atoms with E-state index in [1.807, 2.05) is 0 Å². The van der Waals surface area contributed by atoms with Crippen LogP contribution in [0.5, 0.6) is 5.75 Å². The first-order valence-corrected chi connectivity index (χ1v) is 5.50. The van der Waals surface area contributed by atoms with Crippen molar-refractivity contribution in [2.24, 2.45) is 0 Å². The Morgan fingerprint density at radius 3 is 2.83 bits per heavy atom. The van der Waals surface area contributed by atoms with Crippen molar-refractivity contribution < 1.29 is 9.13 Å². The van der Waals surface area contributed by atoms with Gasteiger partial charge in [-0.3, -0.25) is 0 Å². The third-order valence-corrected chi connectivity index (χ3v) is 2.47. The number of nitrogen functional groups attached to an aromatic ring is 1. The number of hydrogen-bond donors (Lipinski definition) is 1. The molecule has 0 saturated heterocycles. The van der Waals surface area contributed by atoms with Crippen LogP contribution in [0.25, 0.3) is 0 Å². The summed E-state index contributed by atoms with van der Waals surface area (Å²) in [6, 6.07) is 3.87. The molecule has 1 atom stereocenters. The minimum atomic E-state index is -0.474. The van der Waals surface area contributed by atoms with Crippen molar-refractivity contribution in [1.29, 1.82) is 0 Å². The van der Waals surface area contributed by atoms with Crippen molar-refractivity contribution in [2.75, 3.05) is 5.73 Å². The van der Waals surface area contributed by atoms with Gasteiger partial charge in [0.1, 0.15) is 17.9 Å². The monoisotopic (exact) mass is 268 g/mol. The standard InChI is InChI=1S/C11H10ClFN4O/c1-6(10-15-5-16-11(14)17-10)18-9-3-2-7(13)4-8(9)12/h2-6H,1H3,(H2,14,15,16,17). The van der Waals surface area contributed by atoms with Gasteiger partial charge in [-0.25, -0.2) is 14.4 Å². The van der Waals surface area contributed by atoms with Crippen LogP contribution < -0.4 is 10.5 Å². The maximum absolute atomic E-state index is 12.9. The van der Waals surface area contributed by atoms with Gasteiger partial charge in [0.25, 0.3) is 0 Å². The van der Waals surface area contributed by atoms with E-state index in [0.29, 0.717) is 11.6 Å². The molecule has 1 unspecified atom stereocenters. The molecule has 1 aromatic heterocycles. The maximum atomic E-state index is 12.9. The zero-order chi connectivity index (χ0) is 13.1. The highest BCUT2D eigenvalue weighted by Crippen LogP contribution is 2.28. The molecule has 1 aromatic carbocycles. The summed E-state index contributed by atoms with van der Waals surface area (Å²) in [6.07, 6.45) is 0.822. The van der Waals surface area contributed by atoms with E-state index in [-0.39, 0.29) is 11.0 Å². The fourth-order valence-electron chi connectivity index (χ4n) is 1.33. The smallest absolute Gasteiger partial charge is 0.223 e. The quantitative estimate of drug-likeness (QED) is 0.925. The van der Waals surface area contributed by atoms with Gasteiger partial charge in [-0.05, 0) is 25.1 Å². The molecule has 0 radical (unpaired) electrons. The summed E-state index contributed by atoms with van der Waals surface area (Å²) in [7, 11) is 0. The number of hydrogen-bond acceptors (Lipinski definition) is 5. The van der Waals surface area contributed by atoms with E-state index in [4.69, 9.17) is 22.1 Å². The summed E-state index contributed by atoms with van der Waals surface area (Å²) in [6.45, 7) is 1.73. The van der Waals surface area contributed by atoms with Crippen LogP contribution >= 0.6 is 11.6 Å². The van der Waals surface area contributed by atoms with Crippen LogP contribution in [0.15, 0.2) is 24.5 Å². The third-order valence-electron chi connectivity index (χ3n) is 2.17. The molecule has 2 aromatic rings. The molecule has 0 spiro atoms. The van der Waals surface area contributed by atoms with E-state index in [2.05, 4.69) is 15.0 Å². The molecule has 0 aliphatic heterocycles. The summed E-state index contributed by atoms with van der Waals surface area (Å²) in [5.74, 6) is 0.414. The molecule has 7 heteroatoms. The number of anilines is 1. The largest absolute Gasteiger partial charge is 0.481 e. The molecular formula is C11H10ClFN4O. The van der Waals surface area contributed by atoms with Crippen LogP contribution in [0.2, 0.25) is 5.02 Å². The predicted molar refractivity (Wildman–Crippen MR) is 64.7 cm³/mol. The van der Waals surface area contributed by atoms with Crippen molar-refractivity contribution in [3.05, 3.63) is 41.2 Å². The third kappa shape index (κ3) is 2.84. The van der Waals surface area contributed by atoms with Crippen molar-refractivity contribution in [3.63, 3.8) is 0 Å².